The van der Waals surface area contributed by atoms with Crippen molar-refractivity contribution in [2.24, 2.45) is 22.9 Å². The van der Waals surface area contributed by atoms with Gasteiger partial charge < -0.3 is 99.1 Å². The number of ether oxygens (including phenoxy) is 15. The van der Waals surface area contributed by atoms with Crippen LogP contribution >= 0.6 is 12.1 Å². The predicted molar refractivity (Wildman–Crippen MR) is 572 cm³/mol. The molecule has 0 aliphatic rings. The zero-order chi connectivity index (χ0) is 110. The topological polar surface area (TPSA) is 375 Å². The molecule has 0 saturated heterocycles. The predicted octanol–water partition coefficient (Wildman–Crippen LogP) is 17.7. The summed E-state index contributed by atoms with van der Waals surface area (Å²) in [5.74, 6) is -0.256. The first-order valence-electron chi connectivity index (χ1n) is 50.3. The van der Waals surface area contributed by atoms with E-state index in [-0.39, 0.29) is 75.7 Å². The molecular weight excluding hydrogens is 1900 g/mol. The Balaban J connectivity index is 0. The van der Waals surface area contributed by atoms with Gasteiger partial charge in [-0.1, -0.05) is 196 Å². The van der Waals surface area contributed by atoms with Crippen molar-refractivity contribution in [3.05, 3.63) is 215 Å². The van der Waals surface area contributed by atoms with Crippen LogP contribution < -0.4 is 22.9 Å². The average molecular weight is 2080 g/mol. The standard InChI is InChI=1S/C29H42FNO4.C28H41FN2O4.C22H28FNO2.C15H30FNO4.C10H18O5.C6H16N2O2.CH4O.BS/c1-4-17-33-19-20-34-18-11-16-27(32)24-35-29(2,3)28(30)23-31(21-25-12-7-5-8-13-25)22-26-14-9-6-10-15-26;1-28(2,35-23-26(32)14-9-16-33-18-19-34-17-15-30)27(29)22-31(20-24-10-5-3-6-11-24)21-25-12-7-4-8-13-25;1-18(25)17-26-22(2,3)21(23)16-24(14-19-10-6-4-7-11-19)15-20-12-8-5-9-13-20;1-4-7-19-9-10-20-8-5-6-13(18)12-21-15(2,3)14(16)11-17;1-9(2,3)14-7(11)13-8(12)15-10(4,5)6;7-1-3-9-5-6-10-4-2-8;2*1-2/h5-10,12-15,28H,4,11,16-24H2,1-3H3;3-8,10-13,27H,9,14-23,30H2,1-2H3;4-13,21H,14-17H2,1-3H3;14H,4-12,17H2,1-3H3;1-6H3;1-8H2;2H,1H3;. The number of hydrogen-bond donors (Lipinski definition) is 5. The number of aliphatic hydroxyl groups is 1. The summed E-state index contributed by atoms with van der Waals surface area (Å²) in [6, 6.07) is 60.3. The number of nitrogens with two attached hydrogens (primary N) is 4. The molecular formula is C111H179BF4N7O22S. The van der Waals surface area contributed by atoms with Gasteiger partial charge in [0.05, 0.1) is 95.1 Å². The van der Waals surface area contributed by atoms with E-state index in [0.717, 1.165) is 66.5 Å². The number of rotatable bonds is 69. The van der Waals surface area contributed by atoms with Crippen molar-refractivity contribution in [3.63, 3.8) is 0 Å². The number of nitrogens with zero attached hydrogens (tertiary/aromatic N) is 3. The third-order valence-corrected chi connectivity index (χ3v) is 20.6. The molecule has 0 fully saturated rings. The minimum absolute atomic E-state index is 0.0402. The van der Waals surface area contributed by atoms with Crippen molar-refractivity contribution in [1.29, 1.82) is 0 Å². The number of carbonyl (C=O) groups is 6. The maximum atomic E-state index is 15.5. The Bertz CT molecular complexity index is 3860. The van der Waals surface area contributed by atoms with E-state index in [1.54, 1.807) is 96.9 Å². The summed E-state index contributed by atoms with van der Waals surface area (Å²) in [5, 5.41) is 7.00. The monoisotopic (exact) mass is 2080 g/mol. The van der Waals surface area contributed by atoms with Crippen LogP contribution in [0.2, 0.25) is 0 Å². The Morgan fingerprint density at radius 2 is 0.514 bits per heavy atom. The van der Waals surface area contributed by atoms with E-state index < -0.39 is 70.6 Å². The van der Waals surface area contributed by atoms with Gasteiger partial charge in [0.1, 0.15) is 62.3 Å². The average Bonchev–Trinajstić information content (AvgIpc) is 0.856. The molecule has 0 bridgehead atoms. The van der Waals surface area contributed by atoms with Gasteiger partial charge in [0.25, 0.3) is 0 Å². The van der Waals surface area contributed by atoms with Crippen LogP contribution in [0, 0.1) is 0 Å². The second kappa shape index (κ2) is 86.6. The summed E-state index contributed by atoms with van der Waals surface area (Å²) in [5.41, 5.74) is 22.1. The van der Waals surface area contributed by atoms with E-state index in [4.69, 9.17) is 94.4 Å². The molecule has 0 saturated carbocycles. The molecule has 6 rings (SSSR count). The zero-order valence-corrected chi connectivity index (χ0v) is 91.6. The Morgan fingerprint density at radius 1 is 0.315 bits per heavy atom. The van der Waals surface area contributed by atoms with E-state index >= 15 is 13.2 Å². The SMILES string of the molecule is CC(=O)COC(C)(C)C(F)CN(Cc1ccccc1)Cc1ccccc1.CC(C)(C)OC(=O)OC(=O)OC(C)(C)C.CC(C)(OCC(=O)CCCOCCOCCN)C(F)CN(Cc1ccccc1)Cc1ccccc1.CCCOCCOCCCC(=O)COC(C)(C)C(F)CN.CCCOCCOCCCC(=O)COC(C)(C)C(F)CN(Cc1ccccc1)Cc1ccccc1.CO.NCCOCCOCCN.[B]=S. The molecule has 35 heteroatoms. The van der Waals surface area contributed by atoms with Crippen molar-refractivity contribution in [1.82, 2.24) is 14.7 Å². The van der Waals surface area contributed by atoms with Crippen molar-refractivity contribution < 1.29 is 122 Å². The van der Waals surface area contributed by atoms with Crippen LogP contribution in [0.3, 0.4) is 0 Å². The number of hydrogen-bond acceptors (Lipinski definition) is 30. The van der Waals surface area contributed by atoms with E-state index in [9.17, 15) is 33.2 Å². The number of Topliss-reactive ketones (excluding diaryl/α,β-unsaturated/α-hetero) is 4. The van der Waals surface area contributed by atoms with Gasteiger partial charge in [0, 0.05) is 144 Å². The van der Waals surface area contributed by atoms with Gasteiger partial charge in [-0.25, -0.2) is 27.2 Å². The van der Waals surface area contributed by atoms with E-state index in [1.807, 2.05) is 182 Å². The van der Waals surface area contributed by atoms with Crippen LogP contribution in [0.15, 0.2) is 182 Å². The van der Waals surface area contributed by atoms with Crippen LogP contribution in [-0.2, 0) is 129 Å². The second-order valence-corrected chi connectivity index (χ2v) is 38.0. The van der Waals surface area contributed by atoms with Crippen LogP contribution in [0.1, 0.15) is 202 Å². The Morgan fingerprint density at radius 3 is 0.705 bits per heavy atom. The van der Waals surface area contributed by atoms with Gasteiger partial charge >= 0.3 is 31.1 Å². The number of halogens is 4. The van der Waals surface area contributed by atoms with Gasteiger partial charge in [-0.2, -0.15) is 0 Å². The van der Waals surface area contributed by atoms with Crippen LogP contribution in [0.5, 0.6) is 0 Å². The molecule has 0 heterocycles. The quantitative estimate of drug-likeness (QED) is 0.00778. The fourth-order valence-electron chi connectivity index (χ4n) is 12.4. The Kier molecular flexibility index (Phi) is 83.0. The van der Waals surface area contributed by atoms with Gasteiger partial charge in [-0.3, -0.25) is 33.9 Å². The fourth-order valence-corrected chi connectivity index (χ4v) is 12.4. The summed E-state index contributed by atoms with van der Waals surface area (Å²) >= 11 is 3.58. The first kappa shape index (κ1) is 140. The van der Waals surface area contributed by atoms with Crippen LogP contribution in [-0.4, -0.2) is 305 Å². The van der Waals surface area contributed by atoms with Crippen molar-refractivity contribution >= 4 is 54.2 Å². The first-order valence-corrected chi connectivity index (χ1v) is 50.8. The van der Waals surface area contributed by atoms with Crippen LogP contribution in [0.4, 0.5) is 27.2 Å². The molecule has 0 aliphatic heterocycles. The van der Waals surface area contributed by atoms with Gasteiger partial charge in [0.2, 0.25) is 0 Å². The molecule has 4 atom stereocenters. The van der Waals surface area contributed by atoms with Crippen molar-refractivity contribution in [2.45, 2.75) is 267 Å². The molecule has 146 heavy (non-hydrogen) atoms. The van der Waals surface area contributed by atoms with Gasteiger partial charge in [0.15, 0.2) is 23.1 Å². The summed E-state index contributed by atoms with van der Waals surface area (Å²) < 4.78 is 138. The third-order valence-electron chi connectivity index (χ3n) is 20.6. The number of benzene rings is 6. The Hall–Kier alpha value is -8.06. The summed E-state index contributed by atoms with van der Waals surface area (Å²) in [4.78, 5) is 75.5. The van der Waals surface area contributed by atoms with Crippen molar-refractivity contribution in [3.8, 4) is 0 Å². The van der Waals surface area contributed by atoms with E-state index in [0.29, 0.717) is 190 Å². The molecule has 29 nitrogen and oxygen atoms in total. The molecule has 4 unspecified atom stereocenters. The summed E-state index contributed by atoms with van der Waals surface area (Å²) in [6.07, 6.45) is -2.23. The number of alkyl halides is 4. The normalized spacial score (nSPS) is 12.3. The van der Waals surface area contributed by atoms with E-state index in [2.05, 4.69) is 52.1 Å². The summed E-state index contributed by atoms with van der Waals surface area (Å²) in [6.45, 7) is 47.8. The molecule has 0 amide bonds. The molecule has 6 aromatic rings. The number of ketones is 4. The first-order chi connectivity index (χ1) is 69.5. The number of carbonyl (C=O) groups excluding carboxylic acids is 6. The Labute approximate surface area is 876 Å². The maximum absolute atomic E-state index is 15.5. The molecule has 9 N–H and O–H groups in total. The summed E-state index contributed by atoms with van der Waals surface area (Å²) in [7, 11) is 1.00. The van der Waals surface area contributed by atoms with E-state index in [1.165, 1.54) is 6.92 Å². The molecule has 0 spiro atoms. The second-order valence-electron chi connectivity index (χ2n) is 38.0. The number of aliphatic hydroxyl groups excluding tert-OH is 1. The molecule has 1 radical (unpaired) electrons. The molecule has 0 aromatic heterocycles. The fraction of sp³-hybridized carbons (Fsp3) is 0.622. The van der Waals surface area contributed by atoms with Crippen LogP contribution in [0.25, 0.3) is 0 Å². The third kappa shape index (κ3) is 79.1. The molecule has 827 valence electrons. The zero-order valence-electron chi connectivity index (χ0n) is 90.8. The van der Waals surface area contributed by atoms with Gasteiger partial charge in [-0.05, 0) is 169 Å². The molecule has 0 aliphatic carbocycles. The minimum atomic E-state index is -1.28. The van der Waals surface area contributed by atoms with Gasteiger partial charge in [-0.15, -0.1) is 0 Å². The molecule has 6 aromatic carbocycles. The van der Waals surface area contributed by atoms with Crippen molar-refractivity contribution in [2.75, 3.05) is 185 Å².